The maximum atomic E-state index is 12.8. The van der Waals surface area contributed by atoms with Crippen LogP contribution in [0, 0.1) is 17.8 Å². The molecule has 174 valence electrons. The number of nitrogens with one attached hydrogen (secondary N) is 2. The van der Waals surface area contributed by atoms with Gasteiger partial charge in [0, 0.05) is 37.2 Å². The summed E-state index contributed by atoms with van der Waals surface area (Å²) >= 11 is 0. The average molecular weight is 449 g/mol. The lowest BCUT2D eigenvalue weighted by molar-refractivity contribution is -0.137. The summed E-state index contributed by atoms with van der Waals surface area (Å²) in [4.78, 5) is 19.1. The van der Waals surface area contributed by atoms with Crippen LogP contribution in [0.2, 0.25) is 0 Å². The van der Waals surface area contributed by atoms with Crippen LogP contribution >= 0.6 is 0 Å². The van der Waals surface area contributed by atoms with E-state index < -0.39 is 11.7 Å². The zero-order valence-corrected chi connectivity index (χ0v) is 18.5. The zero-order valence-electron chi connectivity index (χ0n) is 18.5. The summed E-state index contributed by atoms with van der Waals surface area (Å²) in [5.74, 6) is 6.61. The molecule has 2 aliphatic rings. The van der Waals surface area contributed by atoms with E-state index in [0.717, 1.165) is 50.8 Å². The predicted octanol–water partition coefficient (Wildman–Crippen LogP) is 3.79. The fourth-order valence-electron chi connectivity index (χ4n) is 4.23. The van der Waals surface area contributed by atoms with Gasteiger partial charge in [-0.15, -0.1) is 0 Å². The molecule has 1 aliphatic carbocycles. The van der Waals surface area contributed by atoms with Crippen molar-refractivity contribution in [3.05, 3.63) is 35.4 Å². The first-order valence-corrected chi connectivity index (χ1v) is 11.4. The lowest BCUT2D eigenvalue weighted by Crippen LogP contribution is -2.45. The number of amides is 1. The van der Waals surface area contributed by atoms with Crippen molar-refractivity contribution in [2.75, 3.05) is 26.2 Å². The molecule has 1 unspecified atom stereocenters. The van der Waals surface area contributed by atoms with Crippen molar-refractivity contribution >= 4 is 11.9 Å². The number of rotatable bonds is 4. The summed E-state index contributed by atoms with van der Waals surface area (Å²) in [5, 5.41) is 6.52. The molecule has 2 fully saturated rings. The second kappa shape index (κ2) is 11.3. The van der Waals surface area contributed by atoms with E-state index in [-0.39, 0.29) is 24.4 Å². The quantitative estimate of drug-likeness (QED) is 0.419. The van der Waals surface area contributed by atoms with E-state index in [9.17, 15) is 18.0 Å². The van der Waals surface area contributed by atoms with Crippen LogP contribution in [0.25, 0.3) is 0 Å². The van der Waals surface area contributed by atoms with Crippen molar-refractivity contribution in [3.63, 3.8) is 0 Å². The number of aliphatic imine (C=N–C) groups is 1. The van der Waals surface area contributed by atoms with Crippen molar-refractivity contribution < 1.29 is 18.0 Å². The second-order valence-corrected chi connectivity index (χ2v) is 8.32. The van der Waals surface area contributed by atoms with Crippen LogP contribution in [0.4, 0.5) is 13.2 Å². The first-order chi connectivity index (χ1) is 15.4. The Hall–Kier alpha value is -2.69. The highest BCUT2D eigenvalue weighted by molar-refractivity contribution is 5.81. The molecular formula is C24H31F3N4O. The average Bonchev–Trinajstić information content (AvgIpc) is 3.25. The van der Waals surface area contributed by atoms with Crippen LogP contribution in [0.5, 0.6) is 0 Å². The van der Waals surface area contributed by atoms with Gasteiger partial charge < -0.3 is 15.5 Å². The van der Waals surface area contributed by atoms with Crippen LogP contribution in [0.1, 0.15) is 56.6 Å². The molecule has 5 nitrogen and oxygen atoms in total. The zero-order chi connectivity index (χ0) is 23.0. The molecule has 0 aromatic heterocycles. The molecule has 1 atom stereocenters. The molecule has 1 heterocycles. The minimum absolute atomic E-state index is 0.122. The summed E-state index contributed by atoms with van der Waals surface area (Å²) in [6, 6.07) is 5.09. The minimum Gasteiger partial charge on any atom is -0.357 e. The van der Waals surface area contributed by atoms with Gasteiger partial charge in [0.15, 0.2) is 5.96 Å². The third kappa shape index (κ3) is 6.91. The topological polar surface area (TPSA) is 56.7 Å². The van der Waals surface area contributed by atoms with Gasteiger partial charge in [0.1, 0.15) is 6.54 Å². The van der Waals surface area contributed by atoms with E-state index in [4.69, 9.17) is 0 Å². The molecule has 1 saturated heterocycles. The number of guanidine groups is 1. The highest BCUT2D eigenvalue weighted by Crippen LogP contribution is 2.29. The van der Waals surface area contributed by atoms with Crippen molar-refractivity contribution in [1.29, 1.82) is 0 Å². The Kier molecular flexibility index (Phi) is 8.43. The fourth-order valence-corrected chi connectivity index (χ4v) is 4.23. The number of carbonyl (C=O) groups is 1. The first kappa shape index (κ1) is 24.0. The lowest BCUT2D eigenvalue weighted by atomic mass is 9.88. The van der Waals surface area contributed by atoms with Crippen LogP contribution in [0.15, 0.2) is 29.3 Å². The van der Waals surface area contributed by atoms with Gasteiger partial charge in [-0.1, -0.05) is 37.2 Å². The SMILES string of the molecule is CCNC(=NCC#Cc1cccc(C(F)(F)F)c1)NC1CCN(C(=O)C2CCCCC2)C1. The van der Waals surface area contributed by atoms with E-state index in [1.807, 2.05) is 11.8 Å². The lowest BCUT2D eigenvalue weighted by Gasteiger charge is -2.26. The Labute approximate surface area is 187 Å². The molecule has 8 heteroatoms. The Balaban J connectivity index is 1.54. The highest BCUT2D eigenvalue weighted by atomic mass is 19.4. The molecule has 3 rings (SSSR count). The van der Waals surface area contributed by atoms with Gasteiger partial charge in [-0.3, -0.25) is 4.79 Å². The Morgan fingerprint density at radius 1 is 1.22 bits per heavy atom. The maximum Gasteiger partial charge on any atom is 0.416 e. The highest BCUT2D eigenvalue weighted by Gasteiger charge is 2.32. The van der Waals surface area contributed by atoms with E-state index in [2.05, 4.69) is 27.5 Å². The first-order valence-electron chi connectivity index (χ1n) is 11.4. The van der Waals surface area contributed by atoms with Crippen molar-refractivity contribution in [2.24, 2.45) is 10.9 Å². The molecule has 32 heavy (non-hydrogen) atoms. The van der Waals surface area contributed by atoms with E-state index >= 15 is 0 Å². The molecule has 0 bridgehead atoms. The van der Waals surface area contributed by atoms with Crippen LogP contribution in [-0.4, -0.2) is 49.0 Å². The molecule has 1 aliphatic heterocycles. The van der Waals surface area contributed by atoms with Gasteiger partial charge in [-0.25, -0.2) is 4.99 Å². The summed E-state index contributed by atoms with van der Waals surface area (Å²) < 4.78 is 38.4. The number of halogens is 3. The predicted molar refractivity (Wildman–Crippen MR) is 119 cm³/mol. The standard InChI is InChI=1S/C24H31F3N4O/c1-2-28-23(29-14-7-9-18-8-6-12-20(16-18)24(25,26)27)30-21-13-15-31(17-21)22(32)19-10-4-3-5-11-19/h6,8,12,16,19,21H,2-5,10-11,13-15,17H2,1H3,(H2,28,29,30). The second-order valence-electron chi connectivity index (χ2n) is 8.32. The normalized spacial score (nSPS) is 19.9. The maximum absolute atomic E-state index is 12.8. The van der Waals surface area contributed by atoms with Gasteiger partial charge >= 0.3 is 6.18 Å². The number of hydrogen-bond acceptors (Lipinski definition) is 2. The van der Waals surface area contributed by atoms with Crippen LogP contribution in [0.3, 0.4) is 0 Å². The number of benzene rings is 1. The smallest absolute Gasteiger partial charge is 0.357 e. The van der Waals surface area contributed by atoms with E-state index in [1.54, 1.807) is 6.07 Å². The Morgan fingerprint density at radius 2 is 2.00 bits per heavy atom. The number of nitrogens with zero attached hydrogens (tertiary/aromatic N) is 2. The van der Waals surface area contributed by atoms with Crippen molar-refractivity contribution in [2.45, 2.75) is 57.7 Å². The van der Waals surface area contributed by atoms with Gasteiger partial charge in [-0.2, -0.15) is 13.2 Å². The van der Waals surface area contributed by atoms with Crippen LogP contribution in [-0.2, 0) is 11.0 Å². The number of hydrogen-bond donors (Lipinski definition) is 2. The van der Waals surface area contributed by atoms with Gasteiger partial charge in [-0.05, 0) is 44.4 Å². The number of alkyl halides is 3. The molecule has 0 radical (unpaired) electrons. The van der Waals surface area contributed by atoms with E-state index in [1.165, 1.54) is 12.5 Å². The fraction of sp³-hybridized carbons (Fsp3) is 0.583. The summed E-state index contributed by atoms with van der Waals surface area (Å²) in [6.07, 6.45) is 2.00. The minimum atomic E-state index is -4.38. The monoisotopic (exact) mass is 448 g/mol. The summed E-state index contributed by atoms with van der Waals surface area (Å²) in [7, 11) is 0. The van der Waals surface area contributed by atoms with Gasteiger partial charge in [0.05, 0.1) is 5.56 Å². The molecule has 1 amide bonds. The Bertz CT molecular complexity index is 866. The summed E-state index contributed by atoms with van der Waals surface area (Å²) in [6.45, 7) is 4.20. The number of carbonyl (C=O) groups excluding carboxylic acids is 1. The molecule has 0 spiro atoms. The van der Waals surface area contributed by atoms with Crippen molar-refractivity contribution in [3.8, 4) is 11.8 Å². The molecule has 1 saturated carbocycles. The Morgan fingerprint density at radius 3 is 2.72 bits per heavy atom. The third-order valence-electron chi connectivity index (χ3n) is 5.88. The molecule has 2 N–H and O–H groups in total. The summed E-state index contributed by atoms with van der Waals surface area (Å²) in [5.41, 5.74) is -0.406. The van der Waals surface area contributed by atoms with E-state index in [0.29, 0.717) is 24.6 Å². The largest absolute Gasteiger partial charge is 0.416 e. The van der Waals surface area contributed by atoms with Crippen LogP contribution < -0.4 is 10.6 Å². The molecular weight excluding hydrogens is 417 g/mol. The number of likely N-dealkylation sites (tertiary alicyclic amines) is 1. The molecule has 1 aromatic carbocycles. The van der Waals surface area contributed by atoms with Gasteiger partial charge in [0.25, 0.3) is 0 Å². The van der Waals surface area contributed by atoms with Crippen molar-refractivity contribution in [1.82, 2.24) is 15.5 Å². The third-order valence-corrected chi connectivity index (χ3v) is 5.88. The van der Waals surface area contributed by atoms with Gasteiger partial charge in [0.2, 0.25) is 5.91 Å². The molecule has 1 aromatic rings.